The summed E-state index contributed by atoms with van der Waals surface area (Å²) >= 11 is 1.54. The summed E-state index contributed by atoms with van der Waals surface area (Å²) in [4.78, 5) is 9.88. The van der Waals surface area contributed by atoms with Gasteiger partial charge in [0.1, 0.15) is 6.10 Å². The van der Waals surface area contributed by atoms with Crippen LogP contribution in [0.3, 0.4) is 0 Å². The normalized spacial score (nSPS) is 11.9. The van der Waals surface area contributed by atoms with Crippen LogP contribution in [0.4, 0.5) is 0 Å². The molecule has 0 spiro atoms. The molecular weight excluding hydrogens is 222 g/mol. The van der Waals surface area contributed by atoms with Crippen molar-refractivity contribution in [2.75, 3.05) is 0 Å². The van der Waals surface area contributed by atoms with Crippen molar-refractivity contribution in [2.45, 2.75) is 13.0 Å². The zero-order valence-electron chi connectivity index (χ0n) is 3.89. The molecule has 0 aliphatic carbocycles. The number of carbonyl (C=O) groups excluding carboxylic acids is 1. The molecule has 2 nitrogen and oxygen atoms in total. The largest absolute Gasteiger partial charge is 3.00 e. The second-order valence-electron chi connectivity index (χ2n) is 0.980. The van der Waals surface area contributed by atoms with Crippen LogP contribution in [0.25, 0.3) is 0 Å². The minimum Gasteiger partial charge on any atom is -0.385 e. The van der Waals surface area contributed by atoms with Crippen LogP contribution in [-0.4, -0.2) is 32.4 Å². The van der Waals surface area contributed by atoms with Gasteiger partial charge in [-0.1, -0.05) is 0 Å². The molecule has 7 heavy (non-hydrogen) atoms. The van der Waals surface area contributed by atoms with Crippen molar-refractivity contribution in [2.24, 2.45) is 0 Å². The molecule has 1 N–H and O–H groups in total. The molecule has 1 unspecified atom stereocenters. The number of halogens is 1. The predicted molar refractivity (Wildman–Crippen MR) is 36.5 cm³/mol. The maximum Gasteiger partial charge on any atom is 3.00 e. The van der Waals surface area contributed by atoms with Crippen molar-refractivity contribution >= 4 is 43.7 Å². The summed E-state index contributed by atoms with van der Waals surface area (Å²) in [5.74, 6) is 0. The molecule has 0 aromatic carbocycles. The second kappa shape index (κ2) is 5.04. The number of aliphatic hydroxyl groups is 1. The van der Waals surface area contributed by atoms with Crippen LogP contribution in [0, 0.1) is 0 Å². The summed E-state index contributed by atoms with van der Waals surface area (Å²) in [6.45, 7) is 1.44. The van der Waals surface area contributed by atoms with E-state index in [2.05, 4.69) is 0 Å². The third kappa shape index (κ3) is 6.89. The van der Waals surface area contributed by atoms with E-state index in [1.54, 1.807) is 22.6 Å². The van der Waals surface area contributed by atoms with E-state index >= 15 is 0 Å². The first kappa shape index (κ1) is 10.8. The van der Waals surface area contributed by atoms with Crippen molar-refractivity contribution in [3.8, 4) is 0 Å². The Hall–Kier alpha value is 0.892. The topological polar surface area (TPSA) is 37.3 Å². The molecule has 0 heterocycles. The molecule has 0 bridgehead atoms. The molecule has 0 radical (unpaired) electrons. The Morgan fingerprint density at radius 1 is 1.86 bits per heavy atom. The summed E-state index contributed by atoms with van der Waals surface area (Å²) in [6.07, 6.45) is -0.800. The Morgan fingerprint density at radius 3 is 2.00 bits per heavy atom. The number of hydrogen-bond donors (Lipinski definition) is 1. The van der Waals surface area contributed by atoms with Crippen molar-refractivity contribution in [1.29, 1.82) is 0 Å². The molecule has 36 valence electrons. The summed E-state index contributed by atoms with van der Waals surface area (Å²) in [7, 11) is 0. The van der Waals surface area contributed by atoms with Gasteiger partial charge in [-0.2, -0.15) is 0 Å². The van der Waals surface area contributed by atoms with Gasteiger partial charge in [-0.25, -0.2) is 0 Å². The van der Waals surface area contributed by atoms with Gasteiger partial charge in [0.15, 0.2) is 0 Å². The molecule has 0 aromatic rings. The van der Waals surface area contributed by atoms with Crippen molar-refractivity contribution in [1.82, 2.24) is 0 Å². The average Bonchev–Trinajstić information content (AvgIpc) is 1.36. The van der Waals surface area contributed by atoms with E-state index in [0.717, 1.165) is 0 Å². The van der Waals surface area contributed by atoms with Gasteiger partial charge in [-0.05, 0) is 6.92 Å². The van der Waals surface area contributed by atoms with Crippen molar-refractivity contribution < 1.29 is 9.90 Å². The molecule has 0 saturated carbocycles. The van der Waals surface area contributed by atoms with Crippen molar-refractivity contribution in [3.63, 3.8) is 0 Å². The molecule has 0 fully saturated rings. The first-order valence-electron chi connectivity index (χ1n) is 1.52. The van der Waals surface area contributed by atoms with E-state index < -0.39 is 6.10 Å². The standard InChI is InChI=1S/C3H5IO2.Al/c1-2(5)3(4)6;/h2,5H,1H3;/q;+3. The predicted octanol–water partition coefficient (Wildman–Crippen LogP) is -0.0520. The van der Waals surface area contributed by atoms with Crippen molar-refractivity contribution in [3.05, 3.63) is 0 Å². The van der Waals surface area contributed by atoms with E-state index in [1.165, 1.54) is 6.92 Å². The van der Waals surface area contributed by atoms with Crippen LogP contribution in [0.1, 0.15) is 6.92 Å². The van der Waals surface area contributed by atoms with Gasteiger partial charge in [-0.15, -0.1) is 0 Å². The van der Waals surface area contributed by atoms with Gasteiger partial charge >= 0.3 is 17.4 Å². The van der Waals surface area contributed by atoms with E-state index in [1.807, 2.05) is 0 Å². The van der Waals surface area contributed by atoms with Gasteiger partial charge in [0.25, 0.3) is 0 Å². The Kier molecular flexibility index (Phi) is 7.77. The average molecular weight is 227 g/mol. The fraction of sp³-hybridized carbons (Fsp3) is 0.667. The number of hydrogen-bond acceptors (Lipinski definition) is 2. The molecule has 0 aromatic heterocycles. The van der Waals surface area contributed by atoms with Crippen LogP contribution in [0.15, 0.2) is 0 Å². The fourth-order valence-corrected chi connectivity index (χ4v) is 0. The van der Waals surface area contributed by atoms with Crippen LogP contribution >= 0.6 is 22.6 Å². The van der Waals surface area contributed by atoms with Crippen LogP contribution in [-0.2, 0) is 4.79 Å². The Bertz CT molecular complexity index is 64.0. The second-order valence-corrected chi connectivity index (χ2v) is 2.04. The number of carbonyl (C=O) groups is 1. The van der Waals surface area contributed by atoms with Gasteiger partial charge in [0.2, 0.25) is 3.79 Å². The number of rotatable bonds is 1. The molecule has 0 amide bonds. The summed E-state index contributed by atoms with van der Waals surface area (Å²) < 4.78 is -0.215. The molecule has 0 aliphatic rings. The zero-order chi connectivity index (χ0) is 5.15. The maximum absolute atomic E-state index is 9.88. The molecule has 0 saturated heterocycles. The molecule has 4 heteroatoms. The maximum atomic E-state index is 9.88. The van der Waals surface area contributed by atoms with Gasteiger partial charge in [0.05, 0.1) is 0 Å². The third-order valence-corrected chi connectivity index (χ3v) is 1.23. The first-order valence-corrected chi connectivity index (χ1v) is 2.60. The van der Waals surface area contributed by atoms with Gasteiger partial charge < -0.3 is 5.11 Å². The minimum atomic E-state index is -0.800. The summed E-state index contributed by atoms with van der Waals surface area (Å²) in [5.41, 5.74) is 0. The van der Waals surface area contributed by atoms with Gasteiger partial charge in [0, 0.05) is 22.6 Å². The number of aliphatic hydroxyl groups excluding tert-OH is 1. The zero-order valence-corrected chi connectivity index (χ0v) is 7.20. The Morgan fingerprint density at radius 2 is 2.00 bits per heavy atom. The molecule has 1 atom stereocenters. The summed E-state index contributed by atoms with van der Waals surface area (Å²) in [6, 6.07) is 0. The summed E-state index contributed by atoms with van der Waals surface area (Å²) in [5, 5.41) is 8.27. The Labute approximate surface area is 66.6 Å². The van der Waals surface area contributed by atoms with Crippen LogP contribution < -0.4 is 0 Å². The minimum absolute atomic E-state index is 0. The van der Waals surface area contributed by atoms with Crippen LogP contribution in [0.2, 0.25) is 0 Å². The molecule has 0 aliphatic heterocycles. The van der Waals surface area contributed by atoms with E-state index in [9.17, 15) is 4.79 Å². The van der Waals surface area contributed by atoms with E-state index in [-0.39, 0.29) is 21.2 Å². The monoisotopic (exact) mass is 227 g/mol. The molecular formula is C3H5AlIO2+3. The SMILES string of the molecule is CC(O)C(=O)I.[Al+3]. The van der Waals surface area contributed by atoms with E-state index in [4.69, 9.17) is 5.11 Å². The molecule has 0 rings (SSSR count). The van der Waals surface area contributed by atoms with Gasteiger partial charge in [-0.3, -0.25) is 4.79 Å². The fourth-order valence-electron chi connectivity index (χ4n) is 0. The Balaban J connectivity index is 0. The first-order chi connectivity index (χ1) is 2.64. The smallest absolute Gasteiger partial charge is 0.385 e. The third-order valence-electron chi connectivity index (χ3n) is 0.328. The van der Waals surface area contributed by atoms with Crippen LogP contribution in [0.5, 0.6) is 0 Å². The quantitative estimate of drug-likeness (QED) is 0.387. The van der Waals surface area contributed by atoms with E-state index in [0.29, 0.717) is 0 Å².